The number of carbonyl (C=O) groups is 2. The van der Waals surface area contributed by atoms with Gasteiger partial charge < -0.3 is 15.2 Å². The summed E-state index contributed by atoms with van der Waals surface area (Å²) in [5.41, 5.74) is 0.723. The summed E-state index contributed by atoms with van der Waals surface area (Å²) < 4.78 is 1.75. The lowest BCUT2D eigenvalue weighted by molar-refractivity contribution is 0.0935. The fourth-order valence-electron chi connectivity index (χ4n) is 3.81. The van der Waals surface area contributed by atoms with Crippen LogP contribution in [0.4, 0.5) is 0 Å². The van der Waals surface area contributed by atoms with Crippen LogP contribution in [0.1, 0.15) is 66.4 Å². The standard InChI is InChI=1S/C25H34N4O3/c1-17(2)12-26-24(31)21-15-29(18(3)4)16-22(23(21)30)25(32)27-20-10-11-28(14-20)13-19-8-6-5-7-9-19/h5-9,15-18,20H,10-14H2,1-4H3,(H,26,31)(H,27,32)/t20-/m1/s1. The highest BCUT2D eigenvalue weighted by Crippen LogP contribution is 2.14. The van der Waals surface area contributed by atoms with E-state index in [1.807, 2.05) is 45.9 Å². The third kappa shape index (κ3) is 6.07. The van der Waals surface area contributed by atoms with Gasteiger partial charge in [-0.25, -0.2) is 0 Å². The van der Waals surface area contributed by atoms with Gasteiger partial charge in [0.25, 0.3) is 11.8 Å². The molecule has 1 fully saturated rings. The van der Waals surface area contributed by atoms with Gasteiger partial charge in [-0.1, -0.05) is 44.2 Å². The van der Waals surface area contributed by atoms with Crippen molar-refractivity contribution in [1.82, 2.24) is 20.1 Å². The van der Waals surface area contributed by atoms with Crippen molar-refractivity contribution in [1.29, 1.82) is 0 Å². The van der Waals surface area contributed by atoms with E-state index in [1.165, 1.54) is 11.8 Å². The lowest BCUT2D eigenvalue weighted by Crippen LogP contribution is -2.41. The molecule has 0 unspecified atom stereocenters. The Hall–Kier alpha value is -2.93. The maximum absolute atomic E-state index is 13.0. The highest BCUT2D eigenvalue weighted by molar-refractivity contribution is 5.99. The first-order valence-electron chi connectivity index (χ1n) is 11.4. The smallest absolute Gasteiger partial charge is 0.257 e. The van der Waals surface area contributed by atoms with Crippen molar-refractivity contribution >= 4 is 11.8 Å². The highest BCUT2D eigenvalue weighted by Gasteiger charge is 2.26. The van der Waals surface area contributed by atoms with Crippen molar-refractivity contribution in [3.8, 4) is 0 Å². The highest BCUT2D eigenvalue weighted by atomic mass is 16.2. The van der Waals surface area contributed by atoms with Gasteiger partial charge in [-0.2, -0.15) is 0 Å². The monoisotopic (exact) mass is 438 g/mol. The first kappa shape index (κ1) is 23.7. The van der Waals surface area contributed by atoms with Crippen molar-refractivity contribution in [2.24, 2.45) is 5.92 Å². The van der Waals surface area contributed by atoms with Gasteiger partial charge in [-0.15, -0.1) is 0 Å². The molecule has 0 bridgehead atoms. The Morgan fingerprint density at radius 2 is 1.69 bits per heavy atom. The summed E-state index contributed by atoms with van der Waals surface area (Å²) >= 11 is 0. The third-order valence-electron chi connectivity index (χ3n) is 5.66. The maximum atomic E-state index is 13.0. The summed E-state index contributed by atoms with van der Waals surface area (Å²) in [6.07, 6.45) is 3.92. The molecule has 0 radical (unpaired) electrons. The van der Waals surface area contributed by atoms with E-state index in [0.29, 0.717) is 6.54 Å². The van der Waals surface area contributed by atoms with Crippen LogP contribution in [-0.4, -0.2) is 47.0 Å². The van der Waals surface area contributed by atoms with Crippen LogP contribution in [0, 0.1) is 5.92 Å². The quantitative estimate of drug-likeness (QED) is 0.664. The Morgan fingerprint density at radius 1 is 1.03 bits per heavy atom. The molecule has 0 aliphatic carbocycles. The van der Waals surface area contributed by atoms with Crippen molar-refractivity contribution in [2.45, 2.75) is 52.7 Å². The molecular formula is C25H34N4O3. The Labute approximate surface area is 189 Å². The zero-order chi connectivity index (χ0) is 23.3. The molecule has 7 heteroatoms. The molecule has 3 rings (SSSR count). The van der Waals surface area contributed by atoms with Crippen LogP contribution in [0.5, 0.6) is 0 Å². The van der Waals surface area contributed by atoms with Crippen LogP contribution < -0.4 is 16.1 Å². The van der Waals surface area contributed by atoms with E-state index in [-0.39, 0.29) is 29.1 Å². The van der Waals surface area contributed by atoms with Gasteiger partial charge in [0, 0.05) is 50.7 Å². The summed E-state index contributed by atoms with van der Waals surface area (Å²) in [7, 11) is 0. The minimum Gasteiger partial charge on any atom is -0.352 e. The molecule has 1 aliphatic heterocycles. The Morgan fingerprint density at radius 3 is 2.31 bits per heavy atom. The minimum absolute atomic E-state index is 0.00382. The average Bonchev–Trinajstić information content (AvgIpc) is 3.19. The second-order valence-corrected chi connectivity index (χ2v) is 9.24. The number of pyridine rings is 1. The van der Waals surface area contributed by atoms with E-state index in [4.69, 9.17) is 0 Å². The van der Waals surface area contributed by atoms with Gasteiger partial charge in [0.05, 0.1) is 0 Å². The molecule has 1 aliphatic rings. The predicted octanol–water partition coefficient (Wildman–Crippen LogP) is 2.82. The van der Waals surface area contributed by atoms with Crippen LogP contribution in [0.15, 0.2) is 47.5 Å². The number of amides is 2. The predicted molar refractivity (Wildman–Crippen MR) is 126 cm³/mol. The van der Waals surface area contributed by atoms with Crippen molar-refractivity contribution in [3.05, 3.63) is 69.6 Å². The molecule has 2 heterocycles. The Kier molecular flexibility index (Phi) is 7.85. The number of nitrogens with zero attached hydrogens (tertiary/aromatic N) is 2. The normalized spacial score (nSPS) is 16.5. The van der Waals surface area contributed by atoms with Crippen LogP contribution in [0.2, 0.25) is 0 Å². The number of nitrogens with one attached hydrogen (secondary N) is 2. The molecule has 1 aromatic carbocycles. The number of aromatic nitrogens is 1. The first-order chi connectivity index (χ1) is 15.2. The number of benzene rings is 1. The van der Waals surface area contributed by atoms with Crippen molar-refractivity contribution < 1.29 is 9.59 Å². The Bertz CT molecular complexity index is 998. The van der Waals surface area contributed by atoms with Crippen LogP contribution in [-0.2, 0) is 6.54 Å². The first-order valence-corrected chi connectivity index (χ1v) is 11.4. The zero-order valence-corrected chi connectivity index (χ0v) is 19.4. The minimum atomic E-state index is -0.528. The van der Waals surface area contributed by atoms with Crippen LogP contribution in [0.3, 0.4) is 0 Å². The lowest BCUT2D eigenvalue weighted by atomic mass is 10.1. The number of hydrogen-bond acceptors (Lipinski definition) is 4. The van der Waals surface area contributed by atoms with Gasteiger partial charge in [0.2, 0.25) is 5.43 Å². The van der Waals surface area contributed by atoms with Crippen LogP contribution >= 0.6 is 0 Å². The van der Waals surface area contributed by atoms with Crippen molar-refractivity contribution in [3.63, 3.8) is 0 Å². The molecule has 2 aromatic rings. The lowest BCUT2D eigenvalue weighted by Gasteiger charge is -2.18. The van der Waals surface area contributed by atoms with E-state index >= 15 is 0 Å². The molecule has 7 nitrogen and oxygen atoms in total. The van der Waals surface area contributed by atoms with E-state index < -0.39 is 17.2 Å². The second kappa shape index (κ2) is 10.6. The number of likely N-dealkylation sites (tertiary alicyclic amines) is 1. The number of hydrogen-bond donors (Lipinski definition) is 2. The van der Waals surface area contributed by atoms with E-state index in [1.54, 1.807) is 10.8 Å². The number of rotatable bonds is 8. The summed E-state index contributed by atoms with van der Waals surface area (Å²) in [6.45, 7) is 10.8. The fourth-order valence-corrected chi connectivity index (χ4v) is 3.81. The fraction of sp³-hybridized carbons (Fsp3) is 0.480. The maximum Gasteiger partial charge on any atom is 0.257 e. The number of carbonyl (C=O) groups excluding carboxylic acids is 2. The second-order valence-electron chi connectivity index (χ2n) is 9.24. The van der Waals surface area contributed by atoms with E-state index in [9.17, 15) is 14.4 Å². The SMILES string of the molecule is CC(C)CNC(=O)c1cn(C(C)C)cc(C(=O)N[C@@H]2CCN(Cc3ccccc3)C2)c1=O. The summed E-state index contributed by atoms with van der Waals surface area (Å²) in [6, 6.07) is 10.2. The van der Waals surface area contributed by atoms with Crippen LogP contribution in [0.25, 0.3) is 0 Å². The molecule has 2 N–H and O–H groups in total. The van der Waals surface area contributed by atoms with Gasteiger partial charge in [0.1, 0.15) is 11.1 Å². The van der Waals surface area contributed by atoms with Crippen molar-refractivity contribution in [2.75, 3.05) is 19.6 Å². The molecular weight excluding hydrogens is 404 g/mol. The summed E-state index contributed by atoms with van der Waals surface area (Å²) in [4.78, 5) is 40.9. The van der Waals surface area contributed by atoms with E-state index in [2.05, 4.69) is 27.7 Å². The molecule has 0 spiro atoms. The largest absolute Gasteiger partial charge is 0.352 e. The molecule has 2 amide bonds. The summed E-state index contributed by atoms with van der Waals surface area (Å²) in [5.74, 6) is -0.601. The average molecular weight is 439 g/mol. The Balaban J connectivity index is 1.73. The molecule has 1 aromatic heterocycles. The van der Waals surface area contributed by atoms with E-state index in [0.717, 1.165) is 26.1 Å². The van der Waals surface area contributed by atoms with Gasteiger partial charge in [0.15, 0.2) is 0 Å². The molecule has 0 saturated carbocycles. The molecule has 32 heavy (non-hydrogen) atoms. The van der Waals surface area contributed by atoms with Gasteiger partial charge in [-0.3, -0.25) is 19.3 Å². The zero-order valence-electron chi connectivity index (χ0n) is 19.4. The van der Waals surface area contributed by atoms with Gasteiger partial charge >= 0.3 is 0 Å². The topological polar surface area (TPSA) is 83.4 Å². The summed E-state index contributed by atoms with van der Waals surface area (Å²) in [5, 5.41) is 5.79. The molecule has 1 saturated heterocycles. The molecule has 172 valence electrons. The van der Waals surface area contributed by atoms with Gasteiger partial charge in [-0.05, 0) is 31.7 Å². The third-order valence-corrected chi connectivity index (χ3v) is 5.66. The molecule has 1 atom stereocenters.